The van der Waals surface area contributed by atoms with Crippen LogP contribution < -0.4 is 11.4 Å². The zero-order chi connectivity index (χ0) is 18.1. The fourth-order valence-electron chi connectivity index (χ4n) is 2.60. The van der Waals surface area contributed by atoms with Crippen molar-refractivity contribution in [3.05, 3.63) is 22.2 Å². The number of ether oxygens (including phenoxy) is 2. The van der Waals surface area contributed by atoms with Crippen LogP contribution in [0.15, 0.2) is 11.0 Å². The normalized spacial score (nSPS) is 29.5. The zero-order valence-electron chi connectivity index (χ0n) is 13.9. The first-order chi connectivity index (χ1) is 11.2. The van der Waals surface area contributed by atoms with E-state index in [0.29, 0.717) is 12.0 Å². The summed E-state index contributed by atoms with van der Waals surface area (Å²) in [5.41, 5.74) is 5.73. The maximum absolute atomic E-state index is 12.2. The van der Waals surface area contributed by atoms with Gasteiger partial charge in [0.2, 0.25) is 0 Å². The van der Waals surface area contributed by atoms with E-state index in [1.165, 1.54) is 18.8 Å². The number of rotatable bonds is 6. The Kier molecular flexibility index (Phi) is 6.14. The standard InChI is InChI=1S/C13H22N3O6PS/c1-5-8-9(22-23(18,24)20-4)10(19-3)12(21-8)16-6-7(2)11(14)15-13(16)17/h6,8-10,12H,5H2,1-4H3,(H,18,24)(H2,14,15,17)/t8-,9+,10?,12-,23?/m1/s1. The molecule has 11 heteroatoms. The van der Waals surface area contributed by atoms with Gasteiger partial charge in [0.15, 0.2) is 6.23 Å². The zero-order valence-corrected chi connectivity index (χ0v) is 15.6. The van der Waals surface area contributed by atoms with Gasteiger partial charge in [0.1, 0.15) is 18.0 Å². The Morgan fingerprint density at radius 1 is 1.50 bits per heavy atom. The molecule has 24 heavy (non-hydrogen) atoms. The molecule has 0 amide bonds. The van der Waals surface area contributed by atoms with Gasteiger partial charge in [-0.2, -0.15) is 4.98 Å². The summed E-state index contributed by atoms with van der Waals surface area (Å²) in [5.74, 6) is 0.160. The second kappa shape index (κ2) is 7.57. The quantitative estimate of drug-likeness (QED) is 0.689. The van der Waals surface area contributed by atoms with E-state index in [2.05, 4.69) is 4.98 Å². The third-order valence-corrected chi connectivity index (χ3v) is 5.57. The third kappa shape index (κ3) is 3.85. The monoisotopic (exact) mass is 379 g/mol. The summed E-state index contributed by atoms with van der Waals surface area (Å²) in [6, 6.07) is 0. The maximum Gasteiger partial charge on any atom is 0.351 e. The largest absolute Gasteiger partial charge is 0.383 e. The Labute approximate surface area is 144 Å². The third-order valence-electron chi connectivity index (χ3n) is 3.89. The number of aromatic nitrogens is 2. The molecule has 0 spiro atoms. The maximum atomic E-state index is 12.2. The average molecular weight is 379 g/mol. The van der Waals surface area contributed by atoms with Crippen molar-refractivity contribution in [3.63, 3.8) is 0 Å². The number of hydrogen-bond acceptors (Lipinski definition) is 8. The van der Waals surface area contributed by atoms with E-state index in [1.807, 2.05) is 6.92 Å². The Bertz CT molecular complexity index is 699. The predicted molar refractivity (Wildman–Crippen MR) is 91.0 cm³/mol. The molecule has 2 heterocycles. The SMILES string of the molecule is CC[C@H]1O[C@@H](n2cc(C)c(N)nc2=O)C(OC)[C@H]1OP(O)(=S)OC. The lowest BCUT2D eigenvalue weighted by Crippen LogP contribution is -2.38. The number of nitrogens with two attached hydrogens (primary N) is 1. The van der Waals surface area contributed by atoms with Crippen LogP contribution in [0.4, 0.5) is 5.82 Å². The molecule has 1 aromatic heterocycles. The van der Waals surface area contributed by atoms with Crippen LogP contribution >= 0.6 is 6.72 Å². The van der Waals surface area contributed by atoms with Gasteiger partial charge in [0, 0.05) is 26.0 Å². The number of anilines is 1. The van der Waals surface area contributed by atoms with E-state index in [9.17, 15) is 9.69 Å². The number of nitrogen functional groups attached to an aromatic ring is 1. The van der Waals surface area contributed by atoms with E-state index in [1.54, 1.807) is 13.1 Å². The molecule has 0 radical (unpaired) electrons. The van der Waals surface area contributed by atoms with Crippen molar-refractivity contribution in [2.24, 2.45) is 0 Å². The molecular formula is C13H22N3O6PS. The molecule has 3 N–H and O–H groups in total. The highest BCUT2D eigenvalue weighted by Crippen LogP contribution is 2.48. The van der Waals surface area contributed by atoms with Gasteiger partial charge in [-0.15, -0.1) is 0 Å². The topological polar surface area (TPSA) is 118 Å². The first kappa shape index (κ1) is 19.5. The first-order valence-electron chi connectivity index (χ1n) is 7.34. The molecule has 1 fully saturated rings. The van der Waals surface area contributed by atoms with Crippen molar-refractivity contribution < 1.29 is 23.4 Å². The highest BCUT2D eigenvalue weighted by atomic mass is 32.5. The van der Waals surface area contributed by atoms with Gasteiger partial charge in [-0.1, -0.05) is 6.92 Å². The number of aryl methyl sites for hydroxylation is 1. The van der Waals surface area contributed by atoms with Crippen LogP contribution in [0, 0.1) is 6.92 Å². The van der Waals surface area contributed by atoms with Crippen LogP contribution in [0.5, 0.6) is 0 Å². The summed E-state index contributed by atoms with van der Waals surface area (Å²) in [4.78, 5) is 25.9. The van der Waals surface area contributed by atoms with E-state index in [-0.39, 0.29) is 5.82 Å². The van der Waals surface area contributed by atoms with Crippen LogP contribution in [0.1, 0.15) is 25.1 Å². The summed E-state index contributed by atoms with van der Waals surface area (Å²) < 4.78 is 23.1. The van der Waals surface area contributed by atoms with Crippen LogP contribution in [0.2, 0.25) is 0 Å². The number of nitrogens with zero attached hydrogens (tertiary/aromatic N) is 2. The molecule has 2 rings (SSSR count). The fourth-order valence-corrected chi connectivity index (χ4v) is 3.54. The lowest BCUT2D eigenvalue weighted by molar-refractivity contribution is -0.0539. The summed E-state index contributed by atoms with van der Waals surface area (Å²) in [6.07, 6.45) is -0.462. The number of hydrogen-bond donors (Lipinski definition) is 2. The van der Waals surface area contributed by atoms with E-state index in [0.717, 1.165) is 0 Å². The summed E-state index contributed by atoms with van der Waals surface area (Å²) >= 11 is 4.92. The molecule has 5 atom stereocenters. The molecule has 1 aliphatic rings. The lowest BCUT2D eigenvalue weighted by atomic mass is 10.1. The van der Waals surface area contributed by atoms with Crippen molar-refractivity contribution in [3.8, 4) is 0 Å². The van der Waals surface area contributed by atoms with Gasteiger partial charge >= 0.3 is 12.4 Å². The number of methoxy groups -OCH3 is 1. The highest BCUT2D eigenvalue weighted by Gasteiger charge is 2.48. The predicted octanol–water partition coefficient (Wildman–Crippen LogP) is 0.705. The Morgan fingerprint density at radius 2 is 2.17 bits per heavy atom. The van der Waals surface area contributed by atoms with Crippen molar-refractivity contribution in [2.45, 2.75) is 44.8 Å². The Hall–Kier alpha value is -0.870. The van der Waals surface area contributed by atoms with Crippen LogP contribution in [0.3, 0.4) is 0 Å². The minimum absolute atomic E-state index is 0.160. The van der Waals surface area contributed by atoms with Crippen molar-refractivity contribution in [2.75, 3.05) is 20.0 Å². The molecule has 9 nitrogen and oxygen atoms in total. The van der Waals surface area contributed by atoms with Gasteiger partial charge in [-0.3, -0.25) is 9.09 Å². The van der Waals surface area contributed by atoms with Crippen LogP contribution in [-0.4, -0.2) is 47.0 Å². The minimum Gasteiger partial charge on any atom is -0.383 e. The molecule has 136 valence electrons. The van der Waals surface area contributed by atoms with Gasteiger partial charge in [0.25, 0.3) is 0 Å². The molecule has 0 aliphatic carbocycles. The molecule has 0 bridgehead atoms. The van der Waals surface area contributed by atoms with E-state index < -0.39 is 36.9 Å². The second-order valence-corrected chi connectivity index (χ2v) is 8.29. The van der Waals surface area contributed by atoms with Crippen LogP contribution in [0.25, 0.3) is 0 Å². The molecule has 1 saturated heterocycles. The molecule has 1 aromatic rings. The van der Waals surface area contributed by atoms with Crippen LogP contribution in [-0.2, 0) is 30.3 Å². The van der Waals surface area contributed by atoms with Gasteiger partial charge in [-0.05, 0) is 25.2 Å². The Morgan fingerprint density at radius 3 is 2.71 bits per heavy atom. The summed E-state index contributed by atoms with van der Waals surface area (Å²) in [5, 5.41) is 0. The molecule has 0 saturated carbocycles. The molecule has 0 aromatic carbocycles. The first-order valence-corrected chi connectivity index (χ1v) is 9.93. The van der Waals surface area contributed by atoms with Crippen molar-refractivity contribution in [1.82, 2.24) is 9.55 Å². The smallest absolute Gasteiger partial charge is 0.351 e. The summed E-state index contributed by atoms with van der Waals surface area (Å²) in [6.45, 7) is 0.202. The molecule has 2 unspecified atom stereocenters. The molecule has 1 aliphatic heterocycles. The van der Waals surface area contributed by atoms with E-state index >= 15 is 0 Å². The minimum atomic E-state index is -3.42. The molecular weight excluding hydrogens is 357 g/mol. The van der Waals surface area contributed by atoms with Crippen molar-refractivity contribution >= 4 is 24.3 Å². The van der Waals surface area contributed by atoms with Gasteiger partial charge < -0.3 is 24.6 Å². The van der Waals surface area contributed by atoms with E-state index in [4.69, 9.17) is 36.1 Å². The summed E-state index contributed by atoms with van der Waals surface area (Å²) in [7, 11) is 2.74. The second-order valence-electron chi connectivity index (χ2n) is 5.39. The van der Waals surface area contributed by atoms with Crippen molar-refractivity contribution in [1.29, 1.82) is 0 Å². The lowest BCUT2D eigenvalue weighted by Gasteiger charge is -2.26. The average Bonchev–Trinajstić information content (AvgIpc) is 2.87. The van der Waals surface area contributed by atoms with Gasteiger partial charge in [-0.25, -0.2) is 4.79 Å². The Balaban J connectivity index is 2.40. The van der Waals surface area contributed by atoms with Gasteiger partial charge in [0.05, 0.1) is 6.10 Å². The fraction of sp³-hybridized carbons (Fsp3) is 0.692. The highest BCUT2D eigenvalue weighted by molar-refractivity contribution is 8.07.